The van der Waals surface area contributed by atoms with Crippen LogP contribution in [-0.4, -0.2) is 29.6 Å². The molecule has 2 rings (SSSR count). The number of nitrogens with zero attached hydrogens (tertiary/aromatic N) is 2. The number of hydrogen-bond acceptors (Lipinski definition) is 5. The number of aromatic nitrogens is 2. The summed E-state index contributed by atoms with van der Waals surface area (Å²) >= 11 is 0. The van der Waals surface area contributed by atoms with Gasteiger partial charge >= 0.3 is 6.01 Å². The molecule has 0 aliphatic heterocycles. The van der Waals surface area contributed by atoms with Crippen LogP contribution in [0.1, 0.15) is 41.5 Å². The van der Waals surface area contributed by atoms with Crippen LogP contribution in [0.4, 0.5) is 5.69 Å². The molecule has 0 atom stereocenters. The van der Waals surface area contributed by atoms with Crippen molar-refractivity contribution in [2.24, 2.45) is 0 Å². The van der Waals surface area contributed by atoms with E-state index in [1.54, 1.807) is 38.1 Å². The summed E-state index contributed by atoms with van der Waals surface area (Å²) in [5, 5.41) is 2.86. The van der Waals surface area contributed by atoms with Gasteiger partial charge in [-0.1, -0.05) is 13.3 Å². The Balaban J connectivity index is 2.07. The fraction of sp³-hybridized carbons (Fsp3) is 0.389. The molecule has 0 aliphatic carbocycles. The maximum atomic E-state index is 12.4. The molecule has 0 saturated heterocycles. The molecule has 1 heterocycles. The molecule has 1 aromatic heterocycles. The summed E-state index contributed by atoms with van der Waals surface area (Å²) in [5.41, 5.74) is 2.47. The number of amides is 1. The van der Waals surface area contributed by atoms with E-state index in [0.29, 0.717) is 29.2 Å². The van der Waals surface area contributed by atoms with Crippen molar-refractivity contribution in [1.82, 2.24) is 9.97 Å². The lowest BCUT2D eigenvalue weighted by Crippen LogP contribution is -2.15. The predicted octanol–water partition coefficient (Wildman–Crippen LogP) is 3.53. The molecule has 1 aromatic carbocycles. The Hall–Kier alpha value is -2.63. The molecule has 0 saturated carbocycles. The zero-order chi connectivity index (χ0) is 17.5. The molecule has 1 amide bonds. The molecule has 2 aromatic rings. The van der Waals surface area contributed by atoms with Gasteiger partial charge in [-0.25, -0.2) is 0 Å². The molecule has 0 bridgehead atoms. The van der Waals surface area contributed by atoms with E-state index in [2.05, 4.69) is 22.2 Å². The Kier molecular flexibility index (Phi) is 6.12. The van der Waals surface area contributed by atoms with Gasteiger partial charge in [0.15, 0.2) is 0 Å². The van der Waals surface area contributed by atoms with Gasteiger partial charge in [0.2, 0.25) is 0 Å². The van der Waals surface area contributed by atoms with Crippen molar-refractivity contribution in [3.05, 3.63) is 41.2 Å². The summed E-state index contributed by atoms with van der Waals surface area (Å²) in [6.07, 6.45) is 2.10. The van der Waals surface area contributed by atoms with Crippen molar-refractivity contribution < 1.29 is 14.3 Å². The first kappa shape index (κ1) is 17.7. The maximum absolute atomic E-state index is 12.4. The average molecular weight is 329 g/mol. The Labute approximate surface area is 142 Å². The normalized spacial score (nSPS) is 10.3. The number of unbranched alkanes of at least 4 members (excludes halogenated alkanes) is 1. The van der Waals surface area contributed by atoms with Gasteiger partial charge in [-0.2, -0.15) is 9.97 Å². The lowest BCUT2D eigenvalue weighted by Gasteiger charge is -2.12. The zero-order valence-electron chi connectivity index (χ0n) is 14.5. The van der Waals surface area contributed by atoms with Crippen molar-refractivity contribution in [1.29, 1.82) is 0 Å². The second kappa shape index (κ2) is 8.29. The number of methoxy groups -OCH3 is 1. The van der Waals surface area contributed by atoms with Crippen molar-refractivity contribution in [3.63, 3.8) is 0 Å². The smallest absolute Gasteiger partial charge is 0.316 e. The number of hydrogen-bond donors (Lipinski definition) is 1. The second-order valence-electron chi connectivity index (χ2n) is 5.44. The van der Waals surface area contributed by atoms with Crippen LogP contribution in [0.5, 0.6) is 11.8 Å². The highest BCUT2D eigenvalue weighted by atomic mass is 16.5. The Morgan fingerprint density at radius 2 is 1.75 bits per heavy atom. The number of aryl methyl sites for hydroxylation is 2. The van der Waals surface area contributed by atoms with Gasteiger partial charge in [-0.05, 0) is 44.5 Å². The summed E-state index contributed by atoms with van der Waals surface area (Å²) in [6.45, 7) is 6.40. The highest BCUT2D eigenvalue weighted by Crippen LogP contribution is 2.21. The number of benzene rings is 1. The predicted molar refractivity (Wildman–Crippen MR) is 92.9 cm³/mol. The van der Waals surface area contributed by atoms with E-state index in [0.717, 1.165) is 18.6 Å². The van der Waals surface area contributed by atoms with Gasteiger partial charge in [0.1, 0.15) is 5.75 Å². The van der Waals surface area contributed by atoms with Crippen molar-refractivity contribution in [2.75, 3.05) is 19.0 Å². The van der Waals surface area contributed by atoms with Gasteiger partial charge < -0.3 is 14.8 Å². The highest BCUT2D eigenvalue weighted by molar-refractivity contribution is 6.04. The lowest BCUT2D eigenvalue weighted by molar-refractivity contribution is 0.102. The van der Waals surface area contributed by atoms with Crippen molar-refractivity contribution in [3.8, 4) is 11.8 Å². The fourth-order valence-electron chi connectivity index (χ4n) is 2.18. The van der Waals surface area contributed by atoms with Gasteiger partial charge in [0, 0.05) is 5.56 Å². The first-order chi connectivity index (χ1) is 11.5. The molecule has 6 nitrogen and oxygen atoms in total. The molecule has 0 aliphatic rings. The third-order valence-electron chi connectivity index (χ3n) is 3.55. The van der Waals surface area contributed by atoms with Gasteiger partial charge in [-0.15, -0.1) is 0 Å². The van der Waals surface area contributed by atoms with E-state index in [1.165, 1.54) is 7.11 Å². The minimum absolute atomic E-state index is 0.213. The molecule has 1 N–H and O–H groups in total. The second-order valence-corrected chi connectivity index (χ2v) is 5.44. The average Bonchev–Trinajstić information content (AvgIpc) is 2.58. The molecule has 6 heteroatoms. The minimum atomic E-state index is -0.213. The zero-order valence-corrected chi connectivity index (χ0v) is 14.5. The standard InChI is InChI=1S/C18H23N3O3/c1-5-6-11-24-15-9-7-14(8-10-15)17(22)21-16-12(2)19-18(23-4)20-13(16)3/h7-10H,5-6,11H2,1-4H3,(H,21,22). The maximum Gasteiger partial charge on any atom is 0.316 e. The van der Waals surface area contributed by atoms with E-state index in [4.69, 9.17) is 9.47 Å². The van der Waals surface area contributed by atoms with Gasteiger partial charge in [-0.3, -0.25) is 4.79 Å². The molecule has 0 spiro atoms. The van der Waals surface area contributed by atoms with Crippen molar-refractivity contribution in [2.45, 2.75) is 33.6 Å². The van der Waals surface area contributed by atoms with Crippen LogP contribution < -0.4 is 14.8 Å². The van der Waals surface area contributed by atoms with Crippen LogP contribution in [0.2, 0.25) is 0 Å². The third-order valence-corrected chi connectivity index (χ3v) is 3.55. The Morgan fingerprint density at radius 3 is 2.29 bits per heavy atom. The van der Waals surface area contributed by atoms with Crippen molar-refractivity contribution >= 4 is 11.6 Å². The van der Waals surface area contributed by atoms with E-state index >= 15 is 0 Å². The van der Waals surface area contributed by atoms with Crippen LogP contribution >= 0.6 is 0 Å². The van der Waals surface area contributed by atoms with E-state index in [9.17, 15) is 4.79 Å². The molecule has 24 heavy (non-hydrogen) atoms. The summed E-state index contributed by atoms with van der Waals surface area (Å²) in [5.74, 6) is 0.551. The Bertz CT molecular complexity index is 676. The summed E-state index contributed by atoms with van der Waals surface area (Å²) < 4.78 is 10.6. The van der Waals surface area contributed by atoms with Crippen LogP contribution in [0.25, 0.3) is 0 Å². The van der Waals surface area contributed by atoms with E-state index in [-0.39, 0.29) is 11.9 Å². The summed E-state index contributed by atoms with van der Waals surface area (Å²) in [6, 6.07) is 7.37. The molecular weight excluding hydrogens is 306 g/mol. The van der Waals surface area contributed by atoms with Crippen LogP contribution in [0.15, 0.2) is 24.3 Å². The SMILES string of the molecule is CCCCOc1ccc(C(=O)Nc2c(C)nc(OC)nc2C)cc1. The fourth-order valence-corrected chi connectivity index (χ4v) is 2.18. The van der Waals surface area contributed by atoms with Crippen LogP contribution in [0, 0.1) is 13.8 Å². The minimum Gasteiger partial charge on any atom is -0.494 e. The quantitative estimate of drug-likeness (QED) is 0.787. The molecule has 0 unspecified atom stereocenters. The first-order valence-electron chi connectivity index (χ1n) is 7.98. The number of anilines is 1. The Morgan fingerprint density at radius 1 is 1.12 bits per heavy atom. The van der Waals surface area contributed by atoms with Gasteiger partial charge in [0.25, 0.3) is 5.91 Å². The van der Waals surface area contributed by atoms with E-state index in [1.807, 2.05) is 0 Å². The topological polar surface area (TPSA) is 73.3 Å². The number of carbonyl (C=O) groups is 1. The molecule has 0 radical (unpaired) electrons. The number of nitrogens with one attached hydrogen (secondary N) is 1. The third kappa shape index (κ3) is 4.44. The summed E-state index contributed by atoms with van der Waals surface area (Å²) in [4.78, 5) is 20.8. The van der Waals surface area contributed by atoms with Crippen LogP contribution in [0.3, 0.4) is 0 Å². The number of ether oxygens (including phenoxy) is 2. The molecule has 0 fully saturated rings. The largest absolute Gasteiger partial charge is 0.494 e. The van der Waals surface area contributed by atoms with E-state index < -0.39 is 0 Å². The highest BCUT2D eigenvalue weighted by Gasteiger charge is 2.13. The van der Waals surface area contributed by atoms with Crippen LogP contribution in [-0.2, 0) is 0 Å². The monoisotopic (exact) mass is 329 g/mol. The lowest BCUT2D eigenvalue weighted by atomic mass is 10.2. The number of carbonyl (C=O) groups excluding carboxylic acids is 1. The van der Waals surface area contributed by atoms with Gasteiger partial charge in [0.05, 0.1) is 30.8 Å². The molecule has 128 valence electrons. The number of rotatable bonds is 7. The summed E-state index contributed by atoms with van der Waals surface area (Å²) in [7, 11) is 1.51. The molecular formula is C18H23N3O3. The first-order valence-corrected chi connectivity index (χ1v) is 7.98.